The molecule has 2 aromatic rings. The average molecular weight is 245 g/mol. The molecule has 1 atom stereocenters. The molecule has 1 aromatic carbocycles. The largest absolute Gasteiger partial charge is 0.305 e. The maximum absolute atomic E-state index is 3.63. The smallest absolute Gasteiger partial charge is 0.0320 e. The number of rotatable bonds is 5. The number of nitrogens with one attached hydrogen (secondary N) is 1. The fourth-order valence-corrected chi connectivity index (χ4v) is 2.83. The molecule has 0 amide bonds. The summed E-state index contributed by atoms with van der Waals surface area (Å²) < 4.78 is 0. The number of aryl methyl sites for hydroxylation is 1. The summed E-state index contributed by atoms with van der Waals surface area (Å²) >= 11 is 1.87. The molecule has 0 spiro atoms. The normalized spacial score (nSPS) is 12.6. The minimum atomic E-state index is 0.457. The number of hydrogen-bond donors (Lipinski definition) is 1. The molecule has 1 N–H and O–H groups in total. The van der Waals surface area contributed by atoms with Crippen molar-refractivity contribution in [1.82, 2.24) is 5.32 Å². The van der Waals surface area contributed by atoms with E-state index in [9.17, 15) is 0 Å². The first-order valence-corrected chi connectivity index (χ1v) is 6.95. The molecule has 17 heavy (non-hydrogen) atoms. The summed E-state index contributed by atoms with van der Waals surface area (Å²) in [6.45, 7) is 5.35. The fourth-order valence-electron chi connectivity index (χ4n) is 1.99. The lowest BCUT2D eigenvalue weighted by Crippen LogP contribution is -2.19. The monoisotopic (exact) mass is 245 g/mol. The van der Waals surface area contributed by atoms with E-state index in [4.69, 9.17) is 0 Å². The molecule has 0 aliphatic heterocycles. The first-order chi connectivity index (χ1) is 8.29. The van der Waals surface area contributed by atoms with Crippen molar-refractivity contribution in [3.8, 4) is 0 Å². The summed E-state index contributed by atoms with van der Waals surface area (Å²) in [5.41, 5.74) is 1.38. The Morgan fingerprint density at radius 1 is 1.12 bits per heavy atom. The van der Waals surface area contributed by atoms with Gasteiger partial charge in [0.1, 0.15) is 0 Å². The van der Waals surface area contributed by atoms with Crippen molar-refractivity contribution in [2.24, 2.45) is 0 Å². The Labute approximate surface area is 108 Å². The van der Waals surface area contributed by atoms with Gasteiger partial charge in [-0.3, -0.25) is 0 Å². The molecular formula is C15H19NS. The highest BCUT2D eigenvalue weighted by molar-refractivity contribution is 7.11. The van der Waals surface area contributed by atoms with Gasteiger partial charge in [0.2, 0.25) is 0 Å². The van der Waals surface area contributed by atoms with Gasteiger partial charge in [-0.1, -0.05) is 37.3 Å². The van der Waals surface area contributed by atoms with E-state index in [0.717, 1.165) is 13.0 Å². The average Bonchev–Trinajstić information content (AvgIpc) is 2.77. The summed E-state index contributed by atoms with van der Waals surface area (Å²) in [5.74, 6) is 0. The Morgan fingerprint density at radius 2 is 1.88 bits per heavy atom. The number of thiophene rings is 1. The topological polar surface area (TPSA) is 12.0 Å². The van der Waals surface area contributed by atoms with Crippen molar-refractivity contribution in [2.75, 3.05) is 0 Å². The summed E-state index contributed by atoms with van der Waals surface area (Å²) in [5, 5.41) is 3.63. The van der Waals surface area contributed by atoms with Crippen LogP contribution in [-0.2, 0) is 6.54 Å². The van der Waals surface area contributed by atoms with Crippen LogP contribution in [0.3, 0.4) is 0 Å². The van der Waals surface area contributed by atoms with Crippen molar-refractivity contribution in [3.63, 3.8) is 0 Å². The molecule has 1 heterocycles. The van der Waals surface area contributed by atoms with E-state index in [-0.39, 0.29) is 0 Å². The predicted molar refractivity (Wildman–Crippen MR) is 75.4 cm³/mol. The third kappa shape index (κ3) is 3.42. The van der Waals surface area contributed by atoms with Crippen LogP contribution in [-0.4, -0.2) is 0 Å². The Kier molecular flexibility index (Phi) is 4.35. The van der Waals surface area contributed by atoms with Gasteiger partial charge in [-0.15, -0.1) is 11.3 Å². The molecule has 2 rings (SSSR count). The zero-order chi connectivity index (χ0) is 12.1. The van der Waals surface area contributed by atoms with Gasteiger partial charge in [0.25, 0.3) is 0 Å². The predicted octanol–water partition coefficient (Wildman–Crippen LogP) is 4.30. The third-order valence-electron chi connectivity index (χ3n) is 2.93. The second-order valence-electron chi connectivity index (χ2n) is 4.26. The zero-order valence-electron chi connectivity index (χ0n) is 10.4. The van der Waals surface area contributed by atoms with Gasteiger partial charge < -0.3 is 5.32 Å². The van der Waals surface area contributed by atoms with Crippen LogP contribution in [0.2, 0.25) is 0 Å². The highest BCUT2D eigenvalue weighted by Crippen LogP contribution is 2.19. The maximum Gasteiger partial charge on any atom is 0.0320 e. The van der Waals surface area contributed by atoms with E-state index in [1.807, 2.05) is 11.3 Å². The molecule has 90 valence electrons. The molecule has 1 aromatic heterocycles. The molecule has 0 radical (unpaired) electrons. The molecule has 1 unspecified atom stereocenters. The standard InChI is InChI=1S/C15H19NS/c1-3-15(13-7-5-4-6-8-13)16-11-14-10-9-12(2)17-14/h4-10,15-16H,3,11H2,1-2H3. The van der Waals surface area contributed by atoms with Gasteiger partial charge >= 0.3 is 0 Å². The Balaban J connectivity index is 1.97. The van der Waals surface area contributed by atoms with Crippen LogP contribution in [0.1, 0.15) is 34.7 Å². The van der Waals surface area contributed by atoms with Crippen LogP contribution in [0.15, 0.2) is 42.5 Å². The minimum Gasteiger partial charge on any atom is -0.305 e. The highest BCUT2D eigenvalue weighted by Gasteiger charge is 2.08. The summed E-state index contributed by atoms with van der Waals surface area (Å²) in [6, 6.07) is 15.5. The van der Waals surface area contributed by atoms with Gasteiger partial charge in [0.15, 0.2) is 0 Å². The maximum atomic E-state index is 3.63. The van der Waals surface area contributed by atoms with Crippen LogP contribution < -0.4 is 5.32 Å². The Bertz CT molecular complexity index is 447. The van der Waals surface area contributed by atoms with Gasteiger partial charge in [0, 0.05) is 22.3 Å². The molecule has 1 nitrogen and oxygen atoms in total. The van der Waals surface area contributed by atoms with Gasteiger partial charge in [-0.05, 0) is 31.0 Å². The third-order valence-corrected chi connectivity index (χ3v) is 3.93. The van der Waals surface area contributed by atoms with E-state index >= 15 is 0 Å². The van der Waals surface area contributed by atoms with Gasteiger partial charge in [-0.25, -0.2) is 0 Å². The van der Waals surface area contributed by atoms with E-state index < -0.39 is 0 Å². The summed E-state index contributed by atoms with van der Waals surface area (Å²) in [7, 11) is 0. The summed E-state index contributed by atoms with van der Waals surface area (Å²) in [6.07, 6.45) is 1.12. The lowest BCUT2D eigenvalue weighted by atomic mass is 10.0. The molecule has 0 aliphatic carbocycles. The Morgan fingerprint density at radius 3 is 2.47 bits per heavy atom. The molecular weight excluding hydrogens is 226 g/mol. The SMILES string of the molecule is CCC(NCc1ccc(C)s1)c1ccccc1. The van der Waals surface area contributed by atoms with Crippen LogP contribution in [0, 0.1) is 6.92 Å². The Hall–Kier alpha value is -1.12. The fraction of sp³-hybridized carbons (Fsp3) is 0.333. The molecule has 2 heteroatoms. The van der Waals surface area contributed by atoms with Crippen molar-refractivity contribution in [2.45, 2.75) is 32.9 Å². The number of benzene rings is 1. The second kappa shape index (κ2) is 5.99. The van der Waals surface area contributed by atoms with Crippen LogP contribution in [0.5, 0.6) is 0 Å². The van der Waals surface area contributed by atoms with Crippen molar-refractivity contribution in [3.05, 3.63) is 57.8 Å². The van der Waals surface area contributed by atoms with E-state index in [2.05, 4.69) is 61.6 Å². The first-order valence-electron chi connectivity index (χ1n) is 6.13. The van der Waals surface area contributed by atoms with E-state index in [1.54, 1.807) is 0 Å². The molecule has 0 saturated carbocycles. The molecule has 0 aliphatic rings. The van der Waals surface area contributed by atoms with E-state index in [1.165, 1.54) is 15.3 Å². The molecule has 0 bridgehead atoms. The quantitative estimate of drug-likeness (QED) is 0.828. The van der Waals surface area contributed by atoms with E-state index in [0.29, 0.717) is 6.04 Å². The van der Waals surface area contributed by atoms with Gasteiger partial charge in [0.05, 0.1) is 0 Å². The zero-order valence-corrected chi connectivity index (χ0v) is 11.3. The molecule has 0 saturated heterocycles. The van der Waals surface area contributed by atoms with Crippen LogP contribution in [0.4, 0.5) is 0 Å². The number of hydrogen-bond acceptors (Lipinski definition) is 2. The highest BCUT2D eigenvalue weighted by atomic mass is 32.1. The van der Waals surface area contributed by atoms with Gasteiger partial charge in [-0.2, -0.15) is 0 Å². The second-order valence-corrected chi connectivity index (χ2v) is 5.64. The van der Waals surface area contributed by atoms with Crippen molar-refractivity contribution < 1.29 is 0 Å². The first kappa shape index (κ1) is 12.3. The summed E-state index contributed by atoms with van der Waals surface area (Å²) in [4.78, 5) is 2.80. The van der Waals surface area contributed by atoms with Crippen molar-refractivity contribution >= 4 is 11.3 Å². The lowest BCUT2D eigenvalue weighted by molar-refractivity contribution is 0.522. The minimum absolute atomic E-state index is 0.457. The van der Waals surface area contributed by atoms with Crippen LogP contribution in [0.25, 0.3) is 0 Å². The van der Waals surface area contributed by atoms with Crippen LogP contribution >= 0.6 is 11.3 Å². The molecule has 0 fully saturated rings. The lowest BCUT2D eigenvalue weighted by Gasteiger charge is -2.16. The van der Waals surface area contributed by atoms with Crippen molar-refractivity contribution in [1.29, 1.82) is 0 Å².